The Morgan fingerprint density at radius 1 is 1.19 bits per heavy atom. The Labute approximate surface area is 123 Å². The quantitative estimate of drug-likeness (QED) is 0.925. The van der Waals surface area contributed by atoms with Crippen LogP contribution in [0, 0.1) is 11.6 Å². The van der Waals surface area contributed by atoms with E-state index < -0.39 is 11.6 Å². The fourth-order valence-corrected chi connectivity index (χ4v) is 2.35. The molecule has 0 atom stereocenters. The van der Waals surface area contributed by atoms with Gasteiger partial charge in [-0.05, 0) is 24.1 Å². The first-order valence-electron chi connectivity index (χ1n) is 7.29. The molecule has 1 aliphatic heterocycles. The average molecular weight is 297 g/mol. The third kappa shape index (κ3) is 4.39. The van der Waals surface area contributed by atoms with E-state index in [0.29, 0.717) is 26.2 Å². The van der Waals surface area contributed by atoms with Crippen molar-refractivity contribution in [2.24, 2.45) is 0 Å². The predicted molar refractivity (Wildman–Crippen MR) is 76.9 cm³/mol. The molecule has 4 nitrogen and oxygen atoms in total. The van der Waals surface area contributed by atoms with E-state index in [0.717, 1.165) is 31.1 Å². The van der Waals surface area contributed by atoms with Gasteiger partial charge in [0.05, 0.1) is 0 Å². The number of nitrogens with one attached hydrogen (secondary N) is 1. The van der Waals surface area contributed by atoms with Crippen molar-refractivity contribution >= 4 is 6.03 Å². The van der Waals surface area contributed by atoms with Crippen molar-refractivity contribution < 1.29 is 13.6 Å². The molecule has 116 valence electrons. The first-order valence-corrected chi connectivity index (χ1v) is 7.29. The van der Waals surface area contributed by atoms with E-state index in [1.165, 1.54) is 6.07 Å². The zero-order valence-electron chi connectivity index (χ0n) is 12.2. The molecule has 2 amide bonds. The highest BCUT2D eigenvalue weighted by molar-refractivity contribution is 5.74. The summed E-state index contributed by atoms with van der Waals surface area (Å²) in [4.78, 5) is 15.7. The van der Waals surface area contributed by atoms with Crippen LogP contribution in [-0.4, -0.2) is 48.6 Å². The van der Waals surface area contributed by atoms with Gasteiger partial charge >= 0.3 is 6.03 Å². The Morgan fingerprint density at radius 3 is 2.52 bits per heavy atom. The molecule has 0 radical (unpaired) electrons. The van der Waals surface area contributed by atoms with E-state index in [4.69, 9.17) is 0 Å². The number of benzene rings is 1. The van der Waals surface area contributed by atoms with Crippen LogP contribution in [0.1, 0.15) is 18.9 Å². The molecule has 0 aliphatic carbocycles. The number of rotatable bonds is 4. The van der Waals surface area contributed by atoms with Gasteiger partial charge in [-0.15, -0.1) is 0 Å². The molecule has 1 aliphatic rings. The highest BCUT2D eigenvalue weighted by Gasteiger charge is 2.20. The molecule has 1 fully saturated rings. The van der Waals surface area contributed by atoms with E-state index in [1.54, 1.807) is 11.0 Å². The van der Waals surface area contributed by atoms with Crippen molar-refractivity contribution in [1.29, 1.82) is 0 Å². The highest BCUT2D eigenvalue weighted by atomic mass is 19.2. The second kappa shape index (κ2) is 7.36. The molecule has 21 heavy (non-hydrogen) atoms. The van der Waals surface area contributed by atoms with Crippen LogP contribution in [0.25, 0.3) is 0 Å². The van der Waals surface area contributed by atoms with Crippen molar-refractivity contribution in [3.05, 3.63) is 35.4 Å². The lowest BCUT2D eigenvalue weighted by Crippen LogP contribution is -2.51. The van der Waals surface area contributed by atoms with Crippen LogP contribution < -0.4 is 5.32 Å². The van der Waals surface area contributed by atoms with Crippen molar-refractivity contribution in [1.82, 2.24) is 15.1 Å². The van der Waals surface area contributed by atoms with Crippen LogP contribution in [0.4, 0.5) is 13.6 Å². The first kappa shape index (κ1) is 15.7. The van der Waals surface area contributed by atoms with Crippen molar-refractivity contribution in [2.75, 3.05) is 32.7 Å². The van der Waals surface area contributed by atoms with E-state index in [1.807, 2.05) is 6.92 Å². The topological polar surface area (TPSA) is 35.6 Å². The Kier molecular flexibility index (Phi) is 5.50. The minimum Gasteiger partial charge on any atom is -0.338 e. The summed E-state index contributed by atoms with van der Waals surface area (Å²) < 4.78 is 26.0. The fraction of sp³-hybridized carbons (Fsp3) is 0.533. The van der Waals surface area contributed by atoms with E-state index in [9.17, 15) is 13.6 Å². The minimum absolute atomic E-state index is 0.0238. The summed E-state index contributed by atoms with van der Waals surface area (Å²) in [7, 11) is 0. The molecule has 0 spiro atoms. The Morgan fingerprint density at radius 2 is 1.90 bits per heavy atom. The van der Waals surface area contributed by atoms with Gasteiger partial charge in [0.1, 0.15) is 0 Å². The van der Waals surface area contributed by atoms with Gasteiger partial charge in [0.15, 0.2) is 11.6 Å². The number of hydrogen-bond acceptors (Lipinski definition) is 2. The third-order valence-corrected chi connectivity index (χ3v) is 3.58. The lowest BCUT2D eigenvalue weighted by atomic mass is 10.2. The number of piperazine rings is 1. The molecule has 1 saturated heterocycles. The summed E-state index contributed by atoms with van der Waals surface area (Å²) in [5, 5.41) is 2.86. The Hall–Kier alpha value is -1.69. The summed E-state index contributed by atoms with van der Waals surface area (Å²) >= 11 is 0. The summed E-state index contributed by atoms with van der Waals surface area (Å²) in [5.41, 5.74) is 0.748. The molecule has 1 heterocycles. The molecule has 1 N–H and O–H groups in total. The number of amides is 2. The summed E-state index contributed by atoms with van der Waals surface area (Å²) in [6.07, 6.45) is 0.918. The van der Waals surface area contributed by atoms with Crippen LogP contribution in [-0.2, 0) is 6.54 Å². The summed E-state index contributed by atoms with van der Waals surface area (Å²) in [5.74, 6) is -1.64. The van der Waals surface area contributed by atoms with Gasteiger partial charge in [0.25, 0.3) is 0 Å². The molecule has 6 heteroatoms. The largest absolute Gasteiger partial charge is 0.338 e. The average Bonchev–Trinajstić information content (AvgIpc) is 2.49. The molecular weight excluding hydrogens is 276 g/mol. The summed E-state index contributed by atoms with van der Waals surface area (Å²) in [6, 6.07) is 3.96. The van der Waals surface area contributed by atoms with Crippen LogP contribution in [0.2, 0.25) is 0 Å². The predicted octanol–water partition coefficient (Wildman–Crippen LogP) is 2.20. The number of urea groups is 1. The third-order valence-electron chi connectivity index (χ3n) is 3.58. The van der Waals surface area contributed by atoms with Crippen molar-refractivity contribution in [2.45, 2.75) is 19.9 Å². The lowest BCUT2D eigenvalue weighted by Gasteiger charge is -2.34. The molecule has 0 aromatic heterocycles. The van der Waals surface area contributed by atoms with E-state index in [-0.39, 0.29) is 6.03 Å². The Balaban J connectivity index is 1.81. The molecule has 0 unspecified atom stereocenters. The van der Waals surface area contributed by atoms with E-state index in [2.05, 4.69) is 10.2 Å². The van der Waals surface area contributed by atoms with Gasteiger partial charge in [-0.25, -0.2) is 13.6 Å². The van der Waals surface area contributed by atoms with Crippen LogP contribution in [0.15, 0.2) is 18.2 Å². The monoisotopic (exact) mass is 297 g/mol. The van der Waals surface area contributed by atoms with Gasteiger partial charge in [-0.3, -0.25) is 4.90 Å². The molecule has 1 aromatic carbocycles. The number of carbonyl (C=O) groups is 1. The van der Waals surface area contributed by atoms with Crippen LogP contribution >= 0.6 is 0 Å². The van der Waals surface area contributed by atoms with E-state index >= 15 is 0 Å². The molecule has 0 saturated carbocycles. The molecule has 1 aromatic rings. The zero-order valence-corrected chi connectivity index (χ0v) is 12.2. The van der Waals surface area contributed by atoms with Gasteiger partial charge < -0.3 is 10.2 Å². The maximum Gasteiger partial charge on any atom is 0.317 e. The SMILES string of the molecule is CCCNC(=O)N1CCN(Cc2ccc(F)c(F)c2)CC1. The summed E-state index contributed by atoms with van der Waals surface area (Å²) in [6.45, 7) is 6.05. The number of carbonyl (C=O) groups excluding carboxylic acids is 1. The number of hydrogen-bond donors (Lipinski definition) is 1. The molecular formula is C15H21F2N3O. The van der Waals surface area contributed by atoms with Crippen LogP contribution in [0.3, 0.4) is 0 Å². The molecule has 0 bridgehead atoms. The highest BCUT2D eigenvalue weighted by Crippen LogP contribution is 2.12. The molecule has 2 rings (SSSR count). The second-order valence-electron chi connectivity index (χ2n) is 5.24. The first-order chi connectivity index (χ1) is 10.1. The Bertz CT molecular complexity index is 488. The maximum atomic E-state index is 13.2. The number of nitrogens with zero attached hydrogens (tertiary/aromatic N) is 2. The maximum absolute atomic E-state index is 13.2. The van der Waals surface area contributed by atoms with Gasteiger partial charge in [-0.1, -0.05) is 13.0 Å². The standard InChI is InChI=1S/C15H21F2N3O/c1-2-5-18-15(21)20-8-6-19(7-9-20)11-12-3-4-13(16)14(17)10-12/h3-4,10H,2,5-9,11H2,1H3,(H,18,21). The van der Waals surface area contributed by atoms with Gasteiger partial charge in [0, 0.05) is 39.3 Å². The zero-order chi connectivity index (χ0) is 15.2. The second-order valence-corrected chi connectivity index (χ2v) is 5.24. The minimum atomic E-state index is -0.823. The normalized spacial score (nSPS) is 16.0. The smallest absolute Gasteiger partial charge is 0.317 e. The number of halogens is 2. The van der Waals surface area contributed by atoms with Gasteiger partial charge in [0.2, 0.25) is 0 Å². The van der Waals surface area contributed by atoms with Crippen molar-refractivity contribution in [3.63, 3.8) is 0 Å². The van der Waals surface area contributed by atoms with Crippen molar-refractivity contribution in [3.8, 4) is 0 Å². The van der Waals surface area contributed by atoms with Gasteiger partial charge in [-0.2, -0.15) is 0 Å². The lowest BCUT2D eigenvalue weighted by molar-refractivity contribution is 0.135. The fourth-order valence-electron chi connectivity index (χ4n) is 2.35. The van der Waals surface area contributed by atoms with Crippen LogP contribution in [0.5, 0.6) is 0 Å².